The van der Waals surface area contributed by atoms with E-state index < -0.39 is 12.1 Å². The molecule has 6 heterocycles. The minimum absolute atomic E-state index is 0.0535. The van der Waals surface area contributed by atoms with Gasteiger partial charge in [0.25, 0.3) is 5.91 Å². The van der Waals surface area contributed by atoms with E-state index >= 15 is 0 Å². The number of aromatic nitrogens is 4. The highest BCUT2D eigenvalue weighted by atomic mass is 16.5. The first-order valence-electron chi connectivity index (χ1n) is 20.0. The molecule has 0 aliphatic carbocycles. The summed E-state index contributed by atoms with van der Waals surface area (Å²) in [6.45, 7) is 2.53. The smallest absolute Gasteiger partial charge is 0.252 e. The van der Waals surface area contributed by atoms with E-state index in [0.29, 0.717) is 26.2 Å². The SMILES string of the molecule is O=C(N[C@@H](C(=O)N1CCC[C@H]1c1nccn1-c1ccc(-c2ccc(-c3cnc([C@@H]4CCCN4C(=O)[C@H]4CCCO4)[nH]3)cc2)cc1)c1ccccc1)[C@H]1CCCO1. The van der Waals surface area contributed by atoms with Gasteiger partial charge in [0.1, 0.15) is 29.9 Å². The normalized spacial score (nSPS) is 22.8. The molecule has 5 aromatic rings. The Morgan fingerprint density at radius 3 is 2.09 bits per heavy atom. The number of hydrogen-bond acceptors (Lipinski definition) is 7. The molecule has 2 N–H and O–H groups in total. The molecule has 0 saturated carbocycles. The molecule has 2 aromatic heterocycles. The lowest BCUT2D eigenvalue weighted by molar-refractivity contribution is -0.142. The number of benzene rings is 3. The fourth-order valence-corrected chi connectivity index (χ4v) is 8.78. The third-order valence-corrected chi connectivity index (χ3v) is 11.7. The van der Waals surface area contributed by atoms with Crippen molar-refractivity contribution >= 4 is 17.7 Å². The second-order valence-corrected chi connectivity index (χ2v) is 15.2. The number of nitrogens with one attached hydrogen (secondary N) is 2. The van der Waals surface area contributed by atoms with Crippen molar-refractivity contribution in [2.24, 2.45) is 0 Å². The number of carbonyl (C=O) groups excluding carboxylic acids is 3. The Kier molecular flexibility index (Phi) is 10.2. The van der Waals surface area contributed by atoms with E-state index in [1.165, 1.54) is 0 Å². The molecular formula is C44H47N7O5. The Morgan fingerprint density at radius 2 is 1.38 bits per heavy atom. The zero-order valence-corrected chi connectivity index (χ0v) is 31.4. The van der Waals surface area contributed by atoms with Gasteiger partial charge in [-0.25, -0.2) is 9.97 Å². The predicted octanol–water partition coefficient (Wildman–Crippen LogP) is 6.47. The fourth-order valence-electron chi connectivity index (χ4n) is 8.78. The number of ether oxygens (including phenoxy) is 2. The van der Waals surface area contributed by atoms with Gasteiger partial charge in [-0.15, -0.1) is 0 Å². The topological polar surface area (TPSA) is 135 Å². The van der Waals surface area contributed by atoms with Crippen molar-refractivity contribution in [2.45, 2.75) is 81.7 Å². The minimum Gasteiger partial charge on any atom is -0.368 e. The van der Waals surface area contributed by atoms with Crippen LogP contribution in [0.3, 0.4) is 0 Å². The van der Waals surface area contributed by atoms with Crippen molar-refractivity contribution in [1.82, 2.24) is 34.6 Å². The highest BCUT2D eigenvalue weighted by Crippen LogP contribution is 2.36. The molecule has 0 radical (unpaired) electrons. The second kappa shape index (κ2) is 15.9. The van der Waals surface area contributed by atoms with Crippen LogP contribution in [0.2, 0.25) is 0 Å². The molecule has 4 fully saturated rings. The van der Waals surface area contributed by atoms with Gasteiger partial charge in [0.15, 0.2) is 0 Å². The van der Waals surface area contributed by atoms with Gasteiger partial charge in [-0.3, -0.25) is 14.4 Å². The molecule has 4 aliphatic rings. The van der Waals surface area contributed by atoms with Crippen LogP contribution in [0.15, 0.2) is 97.5 Å². The second-order valence-electron chi connectivity index (χ2n) is 15.2. The van der Waals surface area contributed by atoms with Crippen LogP contribution in [0.5, 0.6) is 0 Å². The van der Waals surface area contributed by atoms with Crippen LogP contribution < -0.4 is 5.32 Å². The Bertz CT molecular complexity index is 2150. The summed E-state index contributed by atoms with van der Waals surface area (Å²) in [7, 11) is 0. The van der Waals surface area contributed by atoms with E-state index in [1.54, 1.807) is 6.20 Å². The third-order valence-electron chi connectivity index (χ3n) is 11.7. The van der Waals surface area contributed by atoms with Crippen LogP contribution in [0, 0.1) is 0 Å². The summed E-state index contributed by atoms with van der Waals surface area (Å²) in [4.78, 5) is 57.4. The van der Waals surface area contributed by atoms with Crippen molar-refractivity contribution in [3.8, 4) is 28.1 Å². The fraction of sp³-hybridized carbons (Fsp3) is 0.386. The Labute approximate surface area is 326 Å². The first-order valence-corrected chi connectivity index (χ1v) is 20.0. The standard InChI is InChI=1S/C44H47N7O5/c52-42(37-12-6-26-55-37)48-39(32-8-2-1-3-9-32)44(54)51-24-5-11-36(51)41-45-22-25-49(41)33-20-18-30(19-21-33)29-14-16-31(17-15-29)34-28-46-40(47-34)35-10-4-23-50(35)43(53)38-13-7-27-56-38/h1-3,8-9,14-22,25,28,35-39H,4-7,10-13,23-24,26-27H2,(H,46,47)(H,48,52)/t35-,36-,37+,38+,39+/m0/s1. The summed E-state index contributed by atoms with van der Waals surface area (Å²) >= 11 is 0. The van der Waals surface area contributed by atoms with Crippen molar-refractivity contribution < 1.29 is 23.9 Å². The van der Waals surface area contributed by atoms with Crippen molar-refractivity contribution in [2.75, 3.05) is 26.3 Å². The molecule has 12 nitrogen and oxygen atoms in total. The maximum Gasteiger partial charge on any atom is 0.252 e. The monoisotopic (exact) mass is 753 g/mol. The third kappa shape index (κ3) is 7.14. The number of nitrogens with zero attached hydrogens (tertiary/aromatic N) is 5. The molecular weight excluding hydrogens is 707 g/mol. The summed E-state index contributed by atoms with van der Waals surface area (Å²) in [5.74, 6) is 1.31. The number of rotatable bonds is 10. The summed E-state index contributed by atoms with van der Waals surface area (Å²) in [6.07, 6.45) is 11.4. The maximum absolute atomic E-state index is 14.3. The van der Waals surface area contributed by atoms with E-state index in [9.17, 15) is 14.4 Å². The Morgan fingerprint density at radius 1 is 0.714 bits per heavy atom. The molecule has 4 saturated heterocycles. The quantitative estimate of drug-likeness (QED) is 0.167. The summed E-state index contributed by atoms with van der Waals surface area (Å²) in [6, 6.07) is 25.1. The minimum atomic E-state index is -0.817. The van der Waals surface area contributed by atoms with Crippen molar-refractivity contribution in [1.29, 1.82) is 0 Å². The molecule has 4 aliphatic heterocycles. The molecule has 3 aromatic carbocycles. The number of imidazole rings is 2. The summed E-state index contributed by atoms with van der Waals surface area (Å²) in [5.41, 5.74) is 5.80. The van der Waals surface area contributed by atoms with Gasteiger partial charge in [0, 0.05) is 44.4 Å². The molecule has 56 heavy (non-hydrogen) atoms. The van der Waals surface area contributed by atoms with Gasteiger partial charge in [0.2, 0.25) is 11.8 Å². The van der Waals surface area contributed by atoms with E-state index in [1.807, 2.05) is 52.5 Å². The number of likely N-dealkylation sites (tertiary alicyclic amines) is 2. The average molecular weight is 754 g/mol. The molecule has 0 bridgehead atoms. The largest absolute Gasteiger partial charge is 0.368 e. The van der Waals surface area contributed by atoms with Crippen LogP contribution in [-0.4, -0.2) is 85.6 Å². The van der Waals surface area contributed by atoms with Gasteiger partial charge >= 0.3 is 0 Å². The van der Waals surface area contributed by atoms with E-state index in [0.717, 1.165) is 96.8 Å². The van der Waals surface area contributed by atoms with Crippen molar-refractivity contribution in [3.63, 3.8) is 0 Å². The molecule has 9 rings (SSSR count). The van der Waals surface area contributed by atoms with Crippen molar-refractivity contribution in [3.05, 3.63) is 115 Å². The van der Waals surface area contributed by atoms with E-state index in [-0.39, 0.29) is 35.9 Å². The Hall–Kier alpha value is -5.59. The number of amides is 3. The lowest BCUT2D eigenvalue weighted by Gasteiger charge is -2.30. The molecule has 0 unspecified atom stereocenters. The molecule has 3 amide bonds. The Balaban J connectivity index is 0.887. The number of carbonyl (C=O) groups is 3. The zero-order chi connectivity index (χ0) is 38.0. The van der Waals surface area contributed by atoms with Crippen LogP contribution in [-0.2, 0) is 23.9 Å². The van der Waals surface area contributed by atoms with Gasteiger partial charge in [-0.1, -0.05) is 66.7 Å². The van der Waals surface area contributed by atoms with Gasteiger partial charge in [-0.05, 0) is 85.8 Å². The summed E-state index contributed by atoms with van der Waals surface area (Å²) in [5, 5.41) is 3.02. The van der Waals surface area contributed by atoms with Crippen LogP contribution in [0.25, 0.3) is 28.1 Å². The highest BCUT2D eigenvalue weighted by Gasteiger charge is 2.39. The van der Waals surface area contributed by atoms with Crippen LogP contribution in [0.4, 0.5) is 0 Å². The number of aromatic amines is 1. The number of H-pyrrole nitrogens is 1. The lowest BCUT2D eigenvalue weighted by atomic mass is 10.0. The van der Waals surface area contributed by atoms with Gasteiger partial charge in [-0.2, -0.15) is 0 Å². The molecule has 5 atom stereocenters. The summed E-state index contributed by atoms with van der Waals surface area (Å²) < 4.78 is 13.4. The van der Waals surface area contributed by atoms with E-state index in [4.69, 9.17) is 19.4 Å². The molecule has 12 heteroatoms. The first kappa shape index (κ1) is 36.1. The average Bonchev–Trinajstić information content (AvgIpc) is 4.10. The predicted molar refractivity (Wildman–Crippen MR) is 209 cm³/mol. The van der Waals surface area contributed by atoms with E-state index in [2.05, 4.69) is 63.4 Å². The first-order chi connectivity index (χ1) is 27.5. The molecule has 0 spiro atoms. The van der Waals surface area contributed by atoms with Gasteiger partial charge < -0.3 is 34.1 Å². The number of hydrogen-bond donors (Lipinski definition) is 2. The van der Waals surface area contributed by atoms with Gasteiger partial charge in [0.05, 0.1) is 24.0 Å². The highest BCUT2D eigenvalue weighted by molar-refractivity contribution is 5.90. The van der Waals surface area contributed by atoms with Crippen LogP contribution >= 0.6 is 0 Å². The lowest BCUT2D eigenvalue weighted by Crippen LogP contribution is -2.45. The van der Waals surface area contributed by atoms with Crippen LogP contribution in [0.1, 0.15) is 86.7 Å². The maximum atomic E-state index is 14.3. The zero-order valence-electron chi connectivity index (χ0n) is 31.4. The molecule has 288 valence electrons.